The zero-order chi connectivity index (χ0) is 17.4. The summed E-state index contributed by atoms with van der Waals surface area (Å²) >= 11 is 0. The van der Waals surface area contributed by atoms with E-state index < -0.39 is 35.2 Å². The first-order chi connectivity index (χ1) is 9.97. The third-order valence-corrected chi connectivity index (χ3v) is 15.6. The molecular weight excluding hydrogens is 352 g/mol. The molecule has 0 saturated heterocycles. The molecular formula is C12H34O6Si4. The minimum absolute atomic E-state index is 0.586. The molecule has 0 spiro atoms. The van der Waals surface area contributed by atoms with E-state index in [2.05, 4.69) is 0 Å². The Balaban J connectivity index is 4.71. The van der Waals surface area contributed by atoms with Crippen molar-refractivity contribution >= 4 is 35.2 Å². The van der Waals surface area contributed by atoms with Gasteiger partial charge in [0.2, 0.25) is 0 Å². The molecule has 0 heterocycles. The molecule has 0 rings (SSSR count). The molecule has 6 nitrogen and oxygen atoms in total. The maximum atomic E-state index is 6.29. The Morgan fingerprint density at radius 2 is 1.09 bits per heavy atom. The Morgan fingerprint density at radius 3 is 1.50 bits per heavy atom. The van der Waals surface area contributed by atoms with Crippen molar-refractivity contribution in [3.05, 3.63) is 0 Å². The molecule has 0 amide bonds. The summed E-state index contributed by atoms with van der Waals surface area (Å²) in [6, 6.07) is 0. The van der Waals surface area contributed by atoms with E-state index in [4.69, 9.17) is 25.6 Å². The molecule has 0 fully saturated rings. The topological polar surface area (TPSA) is 55.4 Å². The lowest BCUT2D eigenvalue weighted by Gasteiger charge is -2.38. The van der Waals surface area contributed by atoms with Gasteiger partial charge in [0.1, 0.15) is 0 Å². The summed E-state index contributed by atoms with van der Waals surface area (Å²) in [4.78, 5) is 0. The van der Waals surface area contributed by atoms with Crippen molar-refractivity contribution in [3.8, 4) is 0 Å². The molecule has 22 heavy (non-hydrogen) atoms. The fraction of sp³-hybridized carbons (Fsp3) is 1.00. The van der Waals surface area contributed by atoms with Gasteiger partial charge in [-0.3, -0.25) is 0 Å². The van der Waals surface area contributed by atoms with Crippen molar-refractivity contribution in [2.45, 2.75) is 60.1 Å². The third kappa shape index (κ3) is 10.4. The van der Waals surface area contributed by atoms with Crippen LogP contribution in [0.4, 0.5) is 0 Å². The monoisotopic (exact) mass is 386 g/mol. The van der Waals surface area contributed by atoms with Crippen molar-refractivity contribution in [1.82, 2.24) is 0 Å². The Hall–Kier alpha value is 0.628. The van der Waals surface area contributed by atoms with Gasteiger partial charge in [0.05, 0.1) is 0 Å². The fourth-order valence-corrected chi connectivity index (χ4v) is 16.8. The van der Waals surface area contributed by atoms with Gasteiger partial charge >= 0.3 is 35.2 Å². The Bertz CT molecular complexity index is 308. The largest absolute Gasteiger partial charge is 0.475 e. The van der Waals surface area contributed by atoms with Gasteiger partial charge in [0.25, 0.3) is 0 Å². The lowest BCUT2D eigenvalue weighted by atomic mass is 10.9. The summed E-state index contributed by atoms with van der Waals surface area (Å²) in [6.45, 7) is 19.9. The van der Waals surface area contributed by atoms with Crippen molar-refractivity contribution in [1.29, 1.82) is 0 Å². The average molecular weight is 387 g/mol. The second kappa shape index (κ2) is 9.81. The average Bonchev–Trinajstić information content (AvgIpc) is 2.24. The summed E-state index contributed by atoms with van der Waals surface area (Å²) < 4.78 is 35.5. The molecule has 0 aliphatic heterocycles. The molecule has 0 N–H and O–H groups in total. The fourth-order valence-electron chi connectivity index (χ4n) is 2.23. The van der Waals surface area contributed by atoms with Crippen LogP contribution >= 0.6 is 0 Å². The van der Waals surface area contributed by atoms with Gasteiger partial charge in [-0.15, -0.1) is 0 Å². The second-order valence-corrected chi connectivity index (χ2v) is 18.7. The lowest BCUT2D eigenvalue weighted by Crippen LogP contribution is -2.56. The van der Waals surface area contributed by atoms with Crippen LogP contribution in [-0.4, -0.2) is 55.0 Å². The predicted octanol–water partition coefficient (Wildman–Crippen LogP) is 2.97. The normalized spacial score (nSPS) is 13.9. The van der Waals surface area contributed by atoms with Crippen molar-refractivity contribution in [2.75, 3.05) is 19.8 Å². The van der Waals surface area contributed by atoms with Gasteiger partial charge in [-0.2, -0.15) is 0 Å². The molecule has 0 radical (unpaired) electrons. The van der Waals surface area contributed by atoms with Crippen LogP contribution in [0.25, 0.3) is 0 Å². The molecule has 0 aliphatic carbocycles. The maximum Gasteiger partial charge on any atom is 0.475 e. The molecule has 134 valence electrons. The van der Waals surface area contributed by atoms with Crippen LogP contribution in [0, 0.1) is 0 Å². The summed E-state index contributed by atoms with van der Waals surface area (Å²) in [5.74, 6) is 0. The summed E-state index contributed by atoms with van der Waals surface area (Å²) in [5, 5.41) is 0. The minimum Gasteiger partial charge on any atom is -0.416 e. The molecule has 10 heteroatoms. The maximum absolute atomic E-state index is 6.29. The first-order valence-electron chi connectivity index (χ1n) is 7.92. The van der Waals surface area contributed by atoms with Crippen LogP contribution in [0.1, 0.15) is 20.8 Å². The highest BCUT2D eigenvalue weighted by molar-refractivity contribution is 6.85. The number of hydrogen-bond acceptors (Lipinski definition) is 6. The van der Waals surface area contributed by atoms with Crippen LogP contribution in [0.15, 0.2) is 0 Å². The highest BCUT2D eigenvalue weighted by atomic mass is 28.5. The molecule has 0 unspecified atom stereocenters. The Labute approximate surface area is 141 Å². The van der Waals surface area contributed by atoms with Gasteiger partial charge in [-0.1, -0.05) is 0 Å². The van der Waals surface area contributed by atoms with E-state index in [-0.39, 0.29) is 0 Å². The molecule has 0 aliphatic rings. The van der Waals surface area contributed by atoms with Gasteiger partial charge < -0.3 is 25.6 Å². The summed E-state index contributed by atoms with van der Waals surface area (Å²) in [7, 11) is -9.01. The Morgan fingerprint density at radius 1 is 0.636 bits per heavy atom. The summed E-state index contributed by atoms with van der Waals surface area (Å²) in [5.41, 5.74) is 0. The highest BCUT2D eigenvalue weighted by Gasteiger charge is 2.43. The van der Waals surface area contributed by atoms with Crippen LogP contribution in [0.2, 0.25) is 39.3 Å². The van der Waals surface area contributed by atoms with E-state index in [0.29, 0.717) is 19.8 Å². The molecule has 0 aromatic heterocycles. The SMILES string of the molecule is CCO[SiH](OCC)O[Si](C)(C)O[Si](C)(C)O[Si](C)(C)OCC. The standard InChI is InChI=1S/C12H34O6Si4/c1-10-13-19(14-11-2)16-21(6,7)18-22(8,9)17-20(4,5)15-12-3/h19H,10-12H2,1-9H3. The molecule has 0 atom stereocenters. The van der Waals surface area contributed by atoms with Crippen LogP contribution in [0.5, 0.6) is 0 Å². The lowest BCUT2D eigenvalue weighted by molar-refractivity contribution is 0.138. The van der Waals surface area contributed by atoms with E-state index in [1.165, 1.54) is 0 Å². The quantitative estimate of drug-likeness (QED) is 0.481. The van der Waals surface area contributed by atoms with Crippen LogP contribution in [0.3, 0.4) is 0 Å². The third-order valence-electron chi connectivity index (χ3n) is 2.46. The molecule has 0 saturated carbocycles. The van der Waals surface area contributed by atoms with Crippen molar-refractivity contribution in [2.24, 2.45) is 0 Å². The minimum atomic E-state index is -2.38. The predicted molar refractivity (Wildman–Crippen MR) is 97.7 cm³/mol. The zero-order valence-corrected chi connectivity index (χ0v) is 19.8. The number of hydrogen-bond donors (Lipinski definition) is 0. The van der Waals surface area contributed by atoms with Crippen molar-refractivity contribution in [3.63, 3.8) is 0 Å². The van der Waals surface area contributed by atoms with Gasteiger partial charge in [-0.05, 0) is 60.1 Å². The first kappa shape index (κ1) is 22.6. The van der Waals surface area contributed by atoms with Crippen molar-refractivity contribution < 1.29 is 25.6 Å². The van der Waals surface area contributed by atoms with Crippen LogP contribution < -0.4 is 0 Å². The number of rotatable bonds is 12. The smallest absolute Gasteiger partial charge is 0.416 e. The first-order valence-corrected chi connectivity index (χ1v) is 17.8. The molecule has 0 bridgehead atoms. The van der Waals surface area contributed by atoms with Crippen LogP contribution in [-0.2, 0) is 25.6 Å². The van der Waals surface area contributed by atoms with Gasteiger partial charge in [-0.25, -0.2) is 0 Å². The zero-order valence-electron chi connectivity index (χ0n) is 15.6. The van der Waals surface area contributed by atoms with E-state index in [0.717, 1.165) is 0 Å². The van der Waals surface area contributed by atoms with Gasteiger partial charge in [0.15, 0.2) is 0 Å². The molecule has 0 aromatic rings. The highest BCUT2D eigenvalue weighted by Crippen LogP contribution is 2.22. The van der Waals surface area contributed by atoms with E-state index in [9.17, 15) is 0 Å². The second-order valence-electron chi connectivity index (χ2n) is 6.15. The molecule has 0 aromatic carbocycles. The van der Waals surface area contributed by atoms with E-state index >= 15 is 0 Å². The Kier molecular flexibility index (Phi) is 10.1. The van der Waals surface area contributed by atoms with E-state index in [1.807, 2.05) is 60.1 Å². The van der Waals surface area contributed by atoms with E-state index in [1.54, 1.807) is 0 Å². The van der Waals surface area contributed by atoms with Gasteiger partial charge in [0, 0.05) is 19.8 Å². The summed E-state index contributed by atoms with van der Waals surface area (Å²) in [6.07, 6.45) is 0.